The van der Waals surface area contributed by atoms with Crippen LogP contribution in [0.1, 0.15) is 42.5 Å². The molecule has 0 atom stereocenters. The normalized spacial score (nSPS) is 22.8. The number of benzene rings is 1. The molecule has 0 bridgehead atoms. The molecule has 134 valence electrons. The molecule has 1 N–H and O–H groups in total. The third-order valence-corrected chi connectivity index (χ3v) is 6.01. The summed E-state index contributed by atoms with van der Waals surface area (Å²) in [4.78, 5) is 28.2. The van der Waals surface area contributed by atoms with Crippen LogP contribution < -0.4 is 10.2 Å². The van der Waals surface area contributed by atoms with E-state index < -0.39 is 5.82 Å². The number of likely N-dealkylation sites (tertiary alicyclic amines) is 1. The highest BCUT2D eigenvalue weighted by Gasteiger charge is 2.38. The second kappa shape index (κ2) is 6.41. The van der Waals surface area contributed by atoms with E-state index in [1.165, 1.54) is 6.07 Å². The summed E-state index contributed by atoms with van der Waals surface area (Å²) in [6.45, 7) is 4.06. The van der Waals surface area contributed by atoms with E-state index in [9.17, 15) is 14.0 Å². The molecule has 1 aromatic carbocycles. The number of amides is 2. The van der Waals surface area contributed by atoms with Crippen LogP contribution in [-0.2, 0) is 4.79 Å². The Balaban J connectivity index is 1.51. The van der Waals surface area contributed by atoms with Crippen LogP contribution in [0.2, 0.25) is 0 Å². The van der Waals surface area contributed by atoms with Gasteiger partial charge in [0, 0.05) is 38.3 Å². The lowest BCUT2D eigenvalue weighted by atomic mass is 9.78. The molecule has 3 fully saturated rings. The summed E-state index contributed by atoms with van der Waals surface area (Å²) in [5.74, 6) is -0.728. The fourth-order valence-electron chi connectivity index (χ4n) is 4.34. The molecular weight excluding hydrogens is 321 g/mol. The number of nitrogens with zero attached hydrogens (tertiary/aromatic N) is 2. The van der Waals surface area contributed by atoms with Crippen molar-refractivity contribution in [2.75, 3.05) is 37.6 Å². The summed E-state index contributed by atoms with van der Waals surface area (Å²) in [5.41, 5.74) is 1.03. The summed E-state index contributed by atoms with van der Waals surface area (Å²) in [6.07, 6.45) is 4.43. The van der Waals surface area contributed by atoms with Gasteiger partial charge < -0.3 is 15.1 Å². The maximum absolute atomic E-state index is 14.3. The van der Waals surface area contributed by atoms with Crippen LogP contribution in [0.5, 0.6) is 0 Å². The standard InChI is InChI=1S/C19H24FN3O2/c20-16-4-3-14(23-9-1-2-17(23)24)12-15(16)18(25)22-10-6-19(7-11-22)5-8-21-13-19/h3-4,12,21H,1-2,5-11,13H2. The average Bonchev–Trinajstić information content (AvgIpc) is 3.25. The first kappa shape index (κ1) is 16.5. The summed E-state index contributed by atoms with van der Waals surface area (Å²) < 4.78 is 14.3. The Morgan fingerprint density at radius 2 is 1.96 bits per heavy atom. The number of anilines is 1. The van der Waals surface area contributed by atoms with Crippen molar-refractivity contribution >= 4 is 17.5 Å². The molecule has 0 aromatic heterocycles. The van der Waals surface area contributed by atoms with Gasteiger partial charge >= 0.3 is 0 Å². The first-order valence-corrected chi connectivity index (χ1v) is 9.18. The number of hydrogen-bond donors (Lipinski definition) is 1. The van der Waals surface area contributed by atoms with E-state index in [1.54, 1.807) is 21.9 Å². The minimum atomic E-state index is -0.511. The number of carbonyl (C=O) groups excluding carboxylic acids is 2. The monoisotopic (exact) mass is 345 g/mol. The molecule has 3 aliphatic heterocycles. The van der Waals surface area contributed by atoms with Gasteiger partial charge in [0.25, 0.3) is 5.91 Å². The number of hydrogen-bond acceptors (Lipinski definition) is 3. The fourth-order valence-corrected chi connectivity index (χ4v) is 4.34. The van der Waals surface area contributed by atoms with Gasteiger partial charge in [-0.3, -0.25) is 9.59 Å². The first-order chi connectivity index (χ1) is 12.1. The number of carbonyl (C=O) groups is 2. The fraction of sp³-hybridized carbons (Fsp3) is 0.579. The maximum atomic E-state index is 14.3. The molecule has 0 unspecified atom stereocenters. The van der Waals surface area contributed by atoms with Crippen molar-refractivity contribution < 1.29 is 14.0 Å². The second-order valence-corrected chi connectivity index (χ2v) is 7.53. The van der Waals surface area contributed by atoms with Crippen molar-refractivity contribution in [3.63, 3.8) is 0 Å². The van der Waals surface area contributed by atoms with E-state index in [0.29, 0.717) is 37.2 Å². The molecule has 25 heavy (non-hydrogen) atoms. The largest absolute Gasteiger partial charge is 0.339 e. The summed E-state index contributed by atoms with van der Waals surface area (Å²) in [7, 11) is 0. The molecule has 1 aromatic rings. The van der Waals surface area contributed by atoms with Crippen molar-refractivity contribution in [3.05, 3.63) is 29.6 Å². The Hall–Kier alpha value is -1.95. The second-order valence-electron chi connectivity index (χ2n) is 7.53. The van der Waals surface area contributed by atoms with Gasteiger partial charge in [0.05, 0.1) is 5.56 Å². The van der Waals surface area contributed by atoms with E-state index in [-0.39, 0.29) is 17.4 Å². The lowest BCUT2D eigenvalue weighted by Crippen LogP contribution is -2.44. The molecular formula is C19H24FN3O2. The van der Waals surface area contributed by atoms with E-state index in [2.05, 4.69) is 5.32 Å². The Labute approximate surface area is 147 Å². The van der Waals surface area contributed by atoms with Crippen LogP contribution >= 0.6 is 0 Å². The van der Waals surface area contributed by atoms with Crippen molar-refractivity contribution in [2.45, 2.75) is 32.1 Å². The van der Waals surface area contributed by atoms with Crippen LogP contribution in [0.15, 0.2) is 18.2 Å². The Bertz CT molecular complexity index is 690. The highest BCUT2D eigenvalue weighted by molar-refractivity contribution is 5.99. The molecule has 3 heterocycles. The molecule has 0 saturated carbocycles. The van der Waals surface area contributed by atoms with Crippen LogP contribution in [-0.4, -0.2) is 49.4 Å². The zero-order chi connectivity index (χ0) is 17.4. The summed E-state index contributed by atoms with van der Waals surface area (Å²) in [5, 5.41) is 3.41. The number of rotatable bonds is 2. The minimum absolute atomic E-state index is 0.0404. The molecule has 4 rings (SSSR count). The molecule has 5 nitrogen and oxygen atoms in total. The van der Waals surface area contributed by atoms with E-state index in [0.717, 1.165) is 38.8 Å². The van der Waals surface area contributed by atoms with E-state index in [1.807, 2.05) is 0 Å². The van der Waals surface area contributed by atoms with Crippen molar-refractivity contribution in [2.24, 2.45) is 5.41 Å². The zero-order valence-electron chi connectivity index (χ0n) is 14.4. The molecule has 6 heteroatoms. The molecule has 0 aliphatic carbocycles. The van der Waals surface area contributed by atoms with Crippen molar-refractivity contribution in [1.29, 1.82) is 0 Å². The molecule has 3 aliphatic rings. The van der Waals surface area contributed by atoms with Gasteiger partial charge in [-0.1, -0.05) is 0 Å². The smallest absolute Gasteiger partial charge is 0.256 e. The molecule has 1 spiro atoms. The van der Waals surface area contributed by atoms with Crippen LogP contribution in [0, 0.1) is 11.2 Å². The predicted octanol–water partition coefficient (Wildman–Crippen LogP) is 2.17. The van der Waals surface area contributed by atoms with E-state index in [4.69, 9.17) is 0 Å². The highest BCUT2D eigenvalue weighted by atomic mass is 19.1. The number of nitrogens with one attached hydrogen (secondary N) is 1. The van der Waals surface area contributed by atoms with Gasteiger partial charge in [-0.15, -0.1) is 0 Å². The van der Waals surface area contributed by atoms with Crippen LogP contribution in [0.4, 0.5) is 10.1 Å². The van der Waals surface area contributed by atoms with Gasteiger partial charge in [0.2, 0.25) is 5.91 Å². The topological polar surface area (TPSA) is 52.7 Å². The summed E-state index contributed by atoms with van der Waals surface area (Å²) in [6, 6.07) is 4.44. The van der Waals surface area contributed by atoms with E-state index >= 15 is 0 Å². The Morgan fingerprint density at radius 3 is 2.60 bits per heavy atom. The van der Waals surface area contributed by atoms with Gasteiger partial charge in [0.1, 0.15) is 5.82 Å². The molecule has 3 saturated heterocycles. The van der Waals surface area contributed by atoms with Gasteiger partial charge in [-0.05, 0) is 55.8 Å². The summed E-state index contributed by atoms with van der Waals surface area (Å²) >= 11 is 0. The third-order valence-electron chi connectivity index (χ3n) is 6.01. The average molecular weight is 345 g/mol. The van der Waals surface area contributed by atoms with Gasteiger partial charge in [-0.25, -0.2) is 4.39 Å². The van der Waals surface area contributed by atoms with Crippen molar-refractivity contribution in [1.82, 2.24) is 10.2 Å². The zero-order valence-corrected chi connectivity index (χ0v) is 14.4. The highest BCUT2D eigenvalue weighted by Crippen LogP contribution is 2.37. The molecule has 2 amide bonds. The lowest BCUT2D eigenvalue weighted by molar-refractivity contribution is -0.117. The number of halogens is 1. The maximum Gasteiger partial charge on any atom is 0.256 e. The minimum Gasteiger partial charge on any atom is -0.339 e. The first-order valence-electron chi connectivity index (χ1n) is 9.18. The third kappa shape index (κ3) is 3.03. The lowest BCUT2D eigenvalue weighted by Gasteiger charge is -2.39. The van der Waals surface area contributed by atoms with Gasteiger partial charge in [0.15, 0.2) is 0 Å². The van der Waals surface area contributed by atoms with Crippen molar-refractivity contribution in [3.8, 4) is 0 Å². The number of piperidine rings is 1. The van der Waals surface area contributed by atoms with Crippen LogP contribution in [0.3, 0.4) is 0 Å². The Morgan fingerprint density at radius 1 is 1.16 bits per heavy atom. The SMILES string of the molecule is O=C(c1cc(N2CCCC2=O)ccc1F)N1CCC2(CCNC2)CC1. The predicted molar refractivity (Wildman–Crippen MR) is 93.0 cm³/mol. The molecule has 0 radical (unpaired) electrons. The van der Waals surface area contributed by atoms with Crippen LogP contribution in [0.25, 0.3) is 0 Å². The quantitative estimate of drug-likeness (QED) is 0.894. The van der Waals surface area contributed by atoms with Gasteiger partial charge in [-0.2, -0.15) is 0 Å². The Kier molecular flexibility index (Phi) is 4.23.